The first kappa shape index (κ1) is 27.6. The Labute approximate surface area is 189 Å². The molecule has 0 saturated carbocycles. The minimum atomic E-state index is -0.473. The minimum absolute atomic E-state index is 0.0344. The Kier molecular flexibility index (Phi) is 9.70. The molecule has 1 amide bonds. The van der Waals surface area contributed by atoms with Crippen molar-refractivity contribution in [2.24, 2.45) is 10.8 Å². The zero-order valence-electron chi connectivity index (χ0n) is 21.6. The summed E-state index contributed by atoms with van der Waals surface area (Å²) in [6.45, 7) is 20.8. The first-order valence-corrected chi connectivity index (χ1v) is 11.5. The summed E-state index contributed by atoms with van der Waals surface area (Å²) in [5.74, 6) is 0.0344. The van der Waals surface area contributed by atoms with E-state index in [2.05, 4.69) is 50.2 Å². The highest BCUT2D eigenvalue weighted by Gasteiger charge is 2.29. The average molecular weight is 439 g/mol. The van der Waals surface area contributed by atoms with Gasteiger partial charge >= 0.3 is 0 Å². The van der Waals surface area contributed by atoms with Gasteiger partial charge in [-0.05, 0) is 52.4 Å². The molecule has 1 heterocycles. The van der Waals surface area contributed by atoms with Gasteiger partial charge in [0.25, 0.3) is 0 Å². The van der Waals surface area contributed by atoms with Gasteiger partial charge in [-0.25, -0.2) is 0 Å². The van der Waals surface area contributed by atoms with Crippen LogP contribution in [0.2, 0.25) is 0 Å². The molecule has 0 aliphatic rings. The summed E-state index contributed by atoms with van der Waals surface area (Å²) in [5, 5.41) is 11.4. The van der Waals surface area contributed by atoms with Crippen LogP contribution in [0.5, 0.6) is 0 Å². The van der Waals surface area contributed by atoms with E-state index in [1.54, 1.807) is 7.05 Å². The number of hydrogen-bond acceptors (Lipinski definition) is 5. The van der Waals surface area contributed by atoms with E-state index in [0.29, 0.717) is 26.2 Å². The highest BCUT2D eigenvalue weighted by Crippen LogP contribution is 2.28. The number of ether oxygens (including phenoxy) is 2. The van der Waals surface area contributed by atoms with E-state index in [-0.39, 0.29) is 16.9 Å². The second-order valence-corrected chi connectivity index (χ2v) is 11.1. The van der Waals surface area contributed by atoms with Crippen LogP contribution >= 0.6 is 0 Å². The average Bonchev–Trinajstić information content (AvgIpc) is 3.15. The van der Waals surface area contributed by atoms with Gasteiger partial charge in [0.15, 0.2) is 0 Å². The van der Waals surface area contributed by atoms with Gasteiger partial charge in [-0.1, -0.05) is 46.3 Å². The molecule has 7 nitrogen and oxygen atoms in total. The number of hydrogen-bond donors (Lipinski definition) is 1. The molecule has 1 aromatic heterocycles. The highest BCUT2D eigenvalue weighted by atomic mass is 16.5. The van der Waals surface area contributed by atoms with Gasteiger partial charge < -0.3 is 14.8 Å². The Morgan fingerprint density at radius 3 is 2.19 bits per heavy atom. The molecule has 0 atom stereocenters. The number of nitrogens with one attached hydrogen (secondary N) is 1. The molecule has 31 heavy (non-hydrogen) atoms. The first-order chi connectivity index (χ1) is 14.1. The smallest absolute Gasteiger partial charge is 0.225 e. The number of carbonyl (C=O) groups is 1. The summed E-state index contributed by atoms with van der Waals surface area (Å²) in [6, 6.07) is 0. The van der Waals surface area contributed by atoms with Crippen LogP contribution in [0.25, 0.3) is 0 Å². The molecule has 0 radical (unpaired) electrons. The van der Waals surface area contributed by atoms with E-state index in [9.17, 15) is 4.79 Å². The molecule has 180 valence electrons. The lowest BCUT2D eigenvalue weighted by Gasteiger charge is -2.28. The lowest BCUT2D eigenvalue weighted by atomic mass is 9.87. The third-order valence-electron chi connectivity index (χ3n) is 6.36. The molecule has 0 fully saturated rings. The second-order valence-electron chi connectivity index (χ2n) is 11.1. The Balaban J connectivity index is 2.53. The fourth-order valence-corrected chi connectivity index (χ4v) is 3.01. The Bertz CT molecular complexity index is 693. The van der Waals surface area contributed by atoms with E-state index < -0.39 is 11.0 Å². The lowest BCUT2D eigenvalue weighted by molar-refractivity contribution is -0.130. The predicted octanol–water partition coefficient (Wildman–Crippen LogP) is 4.70. The fourth-order valence-electron chi connectivity index (χ4n) is 3.01. The predicted molar refractivity (Wildman–Crippen MR) is 125 cm³/mol. The topological polar surface area (TPSA) is 78.3 Å². The highest BCUT2D eigenvalue weighted by molar-refractivity contribution is 5.81. The SMILES string of the molecule is CCC(C)(C)CCOC(C)(C)c1cn(CCC(C)(C)OCCC(C)(C)C(=O)NC)nn1. The number of aryl methyl sites for hydroxylation is 1. The van der Waals surface area contributed by atoms with Crippen molar-refractivity contribution < 1.29 is 14.3 Å². The van der Waals surface area contributed by atoms with Gasteiger partial charge in [0.2, 0.25) is 5.91 Å². The van der Waals surface area contributed by atoms with Crippen LogP contribution in [0.3, 0.4) is 0 Å². The Morgan fingerprint density at radius 2 is 1.61 bits per heavy atom. The molecule has 7 heteroatoms. The Hall–Kier alpha value is -1.47. The molecule has 0 bridgehead atoms. The molecule has 0 saturated heterocycles. The van der Waals surface area contributed by atoms with Crippen molar-refractivity contribution >= 4 is 5.91 Å². The van der Waals surface area contributed by atoms with Crippen LogP contribution < -0.4 is 5.32 Å². The zero-order valence-corrected chi connectivity index (χ0v) is 21.6. The number of nitrogens with zero attached hydrogens (tertiary/aromatic N) is 3. The molecule has 1 rings (SSSR count). The van der Waals surface area contributed by atoms with E-state index in [1.807, 2.05) is 38.6 Å². The van der Waals surface area contributed by atoms with E-state index >= 15 is 0 Å². The van der Waals surface area contributed by atoms with Crippen molar-refractivity contribution in [2.45, 2.75) is 106 Å². The first-order valence-electron chi connectivity index (χ1n) is 11.5. The van der Waals surface area contributed by atoms with Crippen molar-refractivity contribution in [3.8, 4) is 0 Å². The van der Waals surface area contributed by atoms with Crippen LogP contribution in [0.1, 0.15) is 93.7 Å². The zero-order chi connectivity index (χ0) is 23.9. The maximum absolute atomic E-state index is 11.9. The van der Waals surface area contributed by atoms with Crippen molar-refractivity contribution in [3.63, 3.8) is 0 Å². The molecule has 0 aromatic carbocycles. The second kappa shape index (κ2) is 10.9. The van der Waals surface area contributed by atoms with Gasteiger partial charge in [-0.3, -0.25) is 9.48 Å². The molecule has 0 spiro atoms. The maximum Gasteiger partial charge on any atom is 0.225 e. The Morgan fingerprint density at radius 1 is 1.00 bits per heavy atom. The van der Waals surface area contributed by atoms with Crippen LogP contribution in [-0.4, -0.2) is 46.8 Å². The van der Waals surface area contributed by atoms with Crippen molar-refractivity contribution in [1.82, 2.24) is 20.3 Å². The molecule has 1 aromatic rings. The minimum Gasteiger partial charge on any atom is -0.375 e. The van der Waals surface area contributed by atoms with Crippen molar-refractivity contribution in [3.05, 3.63) is 11.9 Å². The van der Waals surface area contributed by atoms with E-state index in [1.165, 1.54) is 0 Å². The monoisotopic (exact) mass is 438 g/mol. The normalized spacial score (nSPS) is 13.5. The quantitative estimate of drug-likeness (QED) is 0.455. The van der Waals surface area contributed by atoms with E-state index in [0.717, 1.165) is 25.0 Å². The summed E-state index contributed by atoms with van der Waals surface area (Å²) in [4.78, 5) is 11.9. The molecular formula is C24H46N4O3. The fraction of sp³-hybridized carbons (Fsp3) is 0.875. The van der Waals surface area contributed by atoms with Gasteiger partial charge in [0.05, 0.1) is 11.8 Å². The van der Waals surface area contributed by atoms with Crippen LogP contribution in [0.4, 0.5) is 0 Å². The van der Waals surface area contributed by atoms with Gasteiger partial charge in [-0.2, -0.15) is 0 Å². The molecule has 0 unspecified atom stereocenters. The van der Waals surface area contributed by atoms with Crippen LogP contribution in [0.15, 0.2) is 6.20 Å². The number of carbonyl (C=O) groups excluding carboxylic acids is 1. The summed E-state index contributed by atoms with van der Waals surface area (Å²) >= 11 is 0. The third kappa shape index (κ3) is 9.27. The molecule has 1 N–H and O–H groups in total. The van der Waals surface area contributed by atoms with Gasteiger partial charge in [-0.15, -0.1) is 5.10 Å². The van der Waals surface area contributed by atoms with Gasteiger partial charge in [0, 0.05) is 32.2 Å². The van der Waals surface area contributed by atoms with Crippen molar-refractivity contribution in [1.29, 1.82) is 0 Å². The largest absolute Gasteiger partial charge is 0.375 e. The maximum atomic E-state index is 11.9. The summed E-state index contributed by atoms with van der Waals surface area (Å²) in [7, 11) is 1.67. The molecule has 0 aliphatic carbocycles. The van der Waals surface area contributed by atoms with E-state index in [4.69, 9.17) is 9.47 Å². The third-order valence-corrected chi connectivity index (χ3v) is 6.36. The van der Waals surface area contributed by atoms with Gasteiger partial charge in [0.1, 0.15) is 11.3 Å². The summed E-state index contributed by atoms with van der Waals surface area (Å²) in [5.41, 5.74) is -0.103. The molecule has 0 aliphatic heterocycles. The summed E-state index contributed by atoms with van der Waals surface area (Å²) in [6.07, 6.45) is 5.58. The lowest BCUT2D eigenvalue weighted by Crippen LogP contribution is -2.36. The standard InChI is InChI=1S/C24H46N4O3/c1-11-21(2,3)13-16-31-24(8,9)19-18-28(27-26-19)15-12-23(6,7)30-17-14-22(4,5)20(29)25-10/h18H,11-17H2,1-10H3,(H,25,29). The number of rotatable bonds is 14. The molecular weight excluding hydrogens is 392 g/mol. The number of aromatic nitrogens is 3. The summed E-state index contributed by atoms with van der Waals surface area (Å²) < 4.78 is 14.1. The number of amides is 1. The van der Waals surface area contributed by atoms with Crippen molar-refractivity contribution in [2.75, 3.05) is 20.3 Å². The van der Waals surface area contributed by atoms with Crippen LogP contribution in [0, 0.1) is 10.8 Å². The van der Waals surface area contributed by atoms with Crippen LogP contribution in [-0.2, 0) is 26.4 Å².